The van der Waals surface area contributed by atoms with E-state index in [0.29, 0.717) is 16.4 Å². The van der Waals surface area contributed by atoms with E-state index in [4.69, 9.17) is 16.7 Å². The van der Waals surface area contributed by atoms with Crippen molar-refractivity contribution in [2.45, 2.75) is 6.42 Å². The van der Waals surface area contributed by atoms with Gasteiger partial charge in [-0.3, -0.25) is 4.79 Å². The van der Waals surface area contributed by atoms with Crippen molar-refractivity contribution in [3.63, 3.8) is 0 Å². The first-order valence-electron chi connectivity index (χ1n) is 4.28. The smallest absolute Gasteiger partial charge is 0.311 e. The zero-order valence-corrected chi connectivity index (χ0v) is 8.40. The highest BCUT2D eigenvalue weighted by Gasteiger charge is 2.04. The van der Waals surface area contributed by atoms with Crippen LogP contribution >= 0.6 is 11.6 Å². The molecule has 1 aromatic carbocycles. The normalized spacial score (nSPS) is 10.5. The number of halogens is 1. The van der Waals surface area contributed by atoms with Crippen molar-refractivity contribution in [2.75, 3.05) is 0 Å². The number of rotatable bonds is 2. The minimum absolute atomic E-state index is 0.168. The van der Waals surface area contributed by atoms with E-state index < -0.39 is 5.97 Å². The first kappa shape index (κ1) is 9.86. The Bertz CT molecular complexity index is 528. The molecule has 2 rings (SSSR count). The molecule has 0 aliphatic heterocycles. The average Bonchev–Trinajstić information content (AvgIpc) is 2.17. The second-order valence-corrected chi connectivity index (χ2v) is 3.50. The number of nitrogens with zero attached hydrogens (tertiary/aromatic N) is 2. The summed E-state index contributed by atoms with van der Waals surface area (Å²) in [4.78, 5) is 18.5. The van der Waals surface area contributed by atoms with Crippen LogP contribution in [0.5, 0.6) is 0 Å². The van der Waals surface area contributed by atoms with Crippen molar-refractivity contribution >= 4 is 28.5 Å². The maximum absolute atomic E-state index is 10.5. The number of hydrogen-bond donors (Lipinski definition) is 1. The van der Waals surface area contributed by atoms with Crippen LogP contribution in [0.4, 0.5) is 0 Å². The third-order valence-corrected chi connectivity index (χ3v) is 2.14. The van der Waals surface area contributed by atoms with Crippen LogP contribution in [-0.2, 0) is 11.2 Å². The van der Waals surface area contributed by atoms with E-state index in [-0.39, 0.29) is 6.42 Å². The van der Waals surface area contributed by atoms with Gasteiger partial charge in [0.2, 0.25) is 0 Å². The van der Waals surface area contributed by atoms with E-state index in [1.165, 1.54) is 0 Å². The molecule has 0 amide bonds. The molecule has 5 heteroatoms. The van der Waals surface area contributed by atoms with Gasteiger partial charge in [0, 0.05) is 16.6 Å². The monoisotopic (exact) mass is 222 g/mol. The van der Waals surface area contributed by atoms with Crippen molar-refractivity contribution in [3.05, 3.63) is 35.2 Å². The zero-order chi connectivity index (χ0) is 10.8. The van der Waals surface area contributed by atoms with Crippen molar-refractivity contribution in [1.29, 1.82) is 0 Å². The van der Waals surface area contributed by atoms with Crippen molar-refractivity contribution in [3.8, 4) is 0 Å². The Morgan fingerprint density at radius 2 is 2.27 bits per heavy atom. The zero-order valence-electron chi connectivity index (χ0n) is 7.64. The van der Waals surface area contributed by atoms with Gasteiger partial charge in [0.05, 0.1) is 5.52 Å². The van der Waals surface area contributed by atoms with Gasteiger partial charge in [0.15, 0.2) is 0 Å². The quantitative estimate of drug-likeness (QED) is 0.843. The molecule has 0 bridgehead atoms. The molecule has 1 heterocycles. The molecule has 2 aromatic rings. The first-order chi connectivity index (χ1) is 7.15. The molecular weight excluding hydrogens is 216 g/mol. The summed E-state index contributed by atoms with van der Waals surface area (Å²) in [6, 6.07) is 5.19. The Hall–Kier alpha value is -1.68. The Kier molecular flexibility index (Phi) is 2.51. The predicted molar refractivity (Wildman–Crippen MR) is 55.9 cm³/mol. The lowest BCUT2D eigenvalue weighted by atomic mass is 10.2. The highest BCUT2D eigenvalue weighted by atomic mass is 35.5. The van der Waals surface area contributed by atoms with Crippen LogP contribution in [0.3, 0.4) is 0 Å². The van der Waals surface area contributed by atoms with Crippen LogP contribution in [0, 0.1) is 0 Å². The third kappa shape index (κ3) is 2.22. The molecule has 1 N–H and O–H groups in total. The molecule has 0 aliphatic rings. The number of fused-ring (bicyclic) bond motifs is 1. The van der Waals surface area contributed by atoms with Crippen LogP contribution in [0.25, 0.3) is 10.9 Å². The molecule has 76 valence electrons. The molecule has 4 nitrogen and oxygen atoms in total. The topological polar surface area (TPSA) is 63.1 Å². The van der Waals surface area contributed by atoms with E-state index in [1.807, 2.05) is 0 Å². The minimum atomic E-state index is -0.941. The fourth-order valence-corrected chi connectivity index (χ4v) is 1.44. The highest BCUT2D eigenvalue weighted by Crippen LogP contribution is 2.16. The molecule has 15 heavy (non-hydrogen) atoms. The number of carboxylic acids is 1. The van der Waals surface area contributed by atoms with Gasteiger partial charge in [0.25, 0.3) is 0 Å². The van der Waals surface area contributed by atoms with E-state index in [1.54, 1.807) is 24.4 Å². The molecule has 0 radical (unpaired) electrons. The van der Waals surface area contributed by atoms with E-state index in [0.717, 1.165) is 5.39 Å². The van der Waals surface area contributed by atoms with Gasteiger partial charge >= 0.3 is 5.97 Å². The average molecular weight is 223 g/mol. The van der Waals surface area contributed by atoms with Crippen LogP contribution in [0.2, 0.25) is 5.02 Å². The summed E-state index contributed by atoms with van der Waals surface area (Å²) in [6.45, 7) is 0. The van der Waals surface area contributed by atoms with Crippen LogP contribution in [0.15, 0.2) is 24.4 Å². The van der Waals surface area contributed by atoms with E-state index >= 15 is 0 Å². The lowest BCUT2D eigenvalue weighted by molar-refractivity contribution is -0.136. The summed E-state index contributed by atoms with van der Waals surface area (Å²) >= 11 is 5.79. The largest absolute Gasteiger partial charge is 0.481 e. The van der Waals surface area contributed by atoms with Crippen LogP contribution in [0.1, 0.15) is 5.82 Å². The maximum atomic E-state index is 10.5. The Morgan fingerprint density at radius 3 is 3.00 bits per heavy atom. The van der Waals surface area contributed by atoms with Gasteiger partial charge in [-0.1, -0.05) is 11.6 Å². The Morgan fingerprint density at radius 1 is 1.47 bits per heavy atom. The molecule has 0 atom stereocenters. The highest BCUT2D eigenvalue weighted by molar-refractivity contribution is 6.31. The standard InChI is InChI=1S/C10H7ClN2O2/c11-7-1-2-8-6(3-7)5-12-9(13-8)4-10(14)15/h1-3,5H,4H2,(H,14,15). The fourth-order valence-electron chi connectivity index (χ4n) is 1.26. The van der Waals surface area contributed by atoms with Gasteiger partial charge in [-0.25, -0.2) is 9.97 Å². The molecule has 0 saturated heterocycles. The van der Waals surface area contributed by atoms with Gasteiger partial charge in [0.1, 0.15) is 12.2 Å². The summed E-state index contributed by atoms with van der Waals surface area (Å²) in [5.74, 6) is -0.638. The first-order valence-corrected chi connectivity index (χ1v) is 4.66. The predicted octanol–water partition coefficient (Wildman–Crippen LogP) is 1.91. The van der Waals surface area contributed by atoms with Gasteiger partial charge < -0.3 is 5.11 Å². The van der Waals surface area contributed by atoms with Crippen molar-refractivity contribution in [2.24, 2.45) is 0 Å². The Balaban J connectivity index is 2.47. The molecule has 1 aromatic heterocycles. The van der Waals surface area contributed by atoms with E-state index in [2.05, 4.69) is 9.97 Å². The molecule has 0 aliphatic carbocycles. The number of hydrogen-bond acceptors (Lipinski definition) is 3. The van der Waals surface area contributed by atoms with Crippen LogP contribution < -0.4 is 0 Å². The second-order valence-electron chi connectivity index (χ2n) is 3.06. The Labute approximate surface area is 90.5 Å². The number of carbonyl (C=O) groups is 1. The van der Waals surface area contributed by atoms with Gasteiger partial charge in [-0.05, 0) is 18.2 Å². The summed E-state index contributed by atoms with van der Waals surface area (Å²) in [7, 11) is 0. The van der Waals surface area contributed by atoms with E-state index in [9.17, 15) is 4.79 Å². The van der Waals surface area contributed by atoms with Crippen molar-refractivity contribution < 1.29 is 9.90 Å². The molecule has 0 unspecified atom stereocenters. The fraction of sp³-hybridized carbons (Fsp3) is 0.100. The second kappa shape index (κ2) is 3.82. The summed E-state index contributed by atoms with van der Waals surface area (Å²) in [5.41, 5.74) is 0.700. The maximum Gasteiger partial charge on any atom is 0.311 e. The SMILES string of the molecule is O=C(O)Cc1ncc2cc(Cl)ccc2n1. The summed E-state index contributed by atoms with van der Waals surface area (Å²) in [5, 5.41) is 9.99. The van der Waals surface area contributed by atoms with Crippen LogP contribution in [-0.4, -0.2) is 21.0 Å². The molecule has 0 spiro atoms. The molecule has 0 fully saturated rings. The number of aromatic nitrogens is 2. The van der Waals surface area contributed by atoms with Gasteiger partial charge in [-0.2, -0.15) is 0 Å². The third-order valence-electron chi connectivity index (χ3n) is 1.90. The lowest BCUT2D eigenvalue weighted by Crippen LogP contribution is -2.04. The lowest BCUT2D eigenvalue weighted by Gasteiger charge is -1.99. The minimum Gasteiger partial charge on any atom is -0.481 e. The summed E-state index contributed by atoms with van der Waals surface area (Å²) < 4.78 is 0. The summed E-state index contributed by atoms with van der Waals surface area (Å²) in [6.07, 6.45) is 1.41. The number of benzene rings is 1. The number of aliphatic carboxylic acids is 1. The van der Waals surface area contributed by atoms with Gasteiger partial charge in [-0.15, -0.1) is 0 Å². The number of carboxylic acid groups (broad SMARTS) is 1. The van der Waals surface area contributed by atoms with Crippen molar-refractivity contribution in [1.82, 2.24) is 9.97 Å². The molecular formula is C10H7ClN2O2. The molecule has 0 saturated carbocycles.